The van der Waals surface area contributed by atoms with Crippen LogP contribution in [0.3, 0.4) is 0 Å². The third-order valence-corrected chi connectivity index (χ3v) is 13.2. The first-order valence-corrected chi connectivity index (χ1v) is 23.1. The highest BCUT2D eigenvalue weighted by Crippen LogP contribution is 2.51. The molecule has 9 aromatic carbocycles. The average Bonchev–Trinajstić information content (AvgIpc) is 4.02. The van der Waals surface area contributed by atoms with Crippen molar-refractivity contribution >= 4 is 66.5 Å². The molecule has 0 amide bonds. The maximum Gasteiger partial charge on any atom is 0.235 e. The van der Waals surface area contributed by atoms with Gasteiger partial charge in [-0.3, -0.25) is 4.57 Å². The molecule has 13 rings (SSSR count). The van der Waals surface area contributed by atoms with Gasteiger partial charge in [0.15, 0.2) is 0 Å². The molecule has 318 valence electrons. The second-order valence-electron chi connectivity index (χ2n) is 17.3. The van der Waals surface area contributed by atoms with E-state index in [4.69, 9.17) is 9.97 Å². The van der Waals surface area contributed by atoms with Crippen molar-refractivity contribution in [2.24, 2.45) is 0 Å². The molecule has 67 heavy (non-hydrogen) atoms. The Morgan fingerprint density at radius 1 is 0.418 bits per heavy atom. The fourth-order valence-corrected chi connectivity index (χ4v) is 10.4. The van der Waals surface area contributed by atoms with Gasteiger partial charge in [0.1, 0.15) is 0 Å². The molecule has 1 aliphatic rings. The highest BCUT2D eigenvalue weighted by atomic mass is 15.2. The molecule has 0 unspecified atom stereocenters. The van der Waals surface area contributed by atoms with Gasteiger partial charge in [-0.1, -0.05) is 185 Å². The highest BCUT2D eigenvalue weighted by molar-refractivity contribution is 6.29. The minimum atomic E-state index is 0.644. The lowest BCUT2D eigenvalue weighted by Crippen LogP contribution is -2.03. The Morgan fingerprint density at radius 3 is 1.73 bits per heavy atom. The minimum absolute atomic E-state index is 0.644. The monoisotopic (exact) mass is 858 g/mol. The number of aromatic nitrogens is 4. The summed E-state index contributed by atoms with van der Waals surface area (Å²) >= 11 is 0. The fourth-order valence-electron chi connectivity index (χ4n) is 10.4. The van der Waals surface area contributed by atoms with Crippen molar-refractivity contribution in [2.75, 3.05) is 0 Å². The van der Waals surface area contributed by atoms with Crippen LogP contribution < -0.4 is 0 Å². The molecule has 4 nitrogen and oxygen atoms in total. The lowest BCUT2D eigenvalue weighted by molar-refractivity contribution is 1.01. The second-order valence-corrected chi connectivity index (χ2v) is 17.3. The summed E-state index contributed by atoms with van der Waals surface area (Å²) in [7, 11) is 0. The van der Waals surface area contributed by atoms with E-state index < -0.39 is 0 Å². The zero-order chi connectivity index (χ0) is 45.2. The number of rotatable bonds is 7. The maximum atomic E-state index is 5.44. The minimum Gasteiger partial charge on any atom is -0.309 e. The van der Waals surface area contributed by atoms with E-state index in [1.165, 1.54) is 50.4 Å². The van der Waals surface area contributed by atoms with Crippen molar-refractivity contribution in [2.45, 2.75) is 20.3 Å². The smallest absolute Gasteiger partial charge is 0.235 e. The Labute approximate surface area is 390 Å². The van der Waals surface area contributed by atoms with Crippen LogP contribution in [-0.4, -0.2) is 19.1 Å². The topological polar surface area (TPSA) is 35.6 Å². The molecule has 0 saturated heterocycles. The third kappa shape index (κ3) is 6.29. The quantitative estimate of drug-likeness (QED) is 0.160. The lowest BCUT2D eigenvalue weighted by Gasteiger charge is -2.12. The molecule has 0 radical (unpaired) electrons. The Balaban J connectivity index is 0.00000152. The number of nitrogens with zero attached hydrogens (tertiary/aromatic N) is 4. The van der Waals surface area contributed by atoms with Crippen LogP contribution in [0.4, 0.5) is 0 Å². The Hall–Kier alpha value is -8.60. The number of benzene rings is 9. The summed E-state index contributed by atoms with van der Waals surface area (Å²) < 4.78 is 4.59. The third-order valence-electron chi connectivity index (χ3n) is 13.2. The first-order valence-electron chi connectivity index (χ1n) is 23.1. The molecule has 0 saturated carbocycles. The Bertz CT molecular complexity index is 3940. The molecule has 0 fully saturated rings. The van der Waals surface area contributed by atoms with Gasteiger partial charge < -0.3 is 4.57 Å². The molecular weight excluding hydrogens is 813 g/mol. The van der Waals surface area contributed by atoms with Gasteiger partial charge in [0.25, 0.3) is 0 Å². The predicted octanol–water partition coefficient (Wildman–Crippen LogP) is 17.2. The van der Waals surface area contributed by atoms with Crippen LogP contribution in [0.5, 0.6) is 0 Å². The Morgan fingerprint density at radius 2 is 1.00 bits per heavy atom. The zero-order valence-corrected chi connectivity index (χ0v) is 37.5. The van der Waals surface area contributed by atoms with Crippen LogP contribution in [0.1, 0.15) is 31.5 Å². The summed E-state index contributed by atoms with van der Waals surface area (Å²) in [4.78, 5) is 10.8. The van der Waals surface area contributed by atoms with E-state index >= 15 is 0 Å². The maximum absolute atomic E-state index is 5.44. The molecule has 0 aliphatic heterocycles. The number of fused-ring (bicyclic) bond motifs is 9. The van der Waals surface area contributed by atoms with Crippen LogP contribution in [-0.2, 0) is 0 Å². The summed E-state index contributed by atoms with van der Waals surface area (Å²) in [6.45, 7) is 12.8. The SMILES string of the molecule is C=Cc1c(C=C)n(-c2cccc(-c3ccccc3)c2)c2ccc(-c3ccc4c(c3)c3c5cccc6c5c(cc3n4-c3nc(-c4ccccc4)c4ccccc4n3)-c3ccccc3-6)cc12.CCC. The van der Waals surface area contributed by atoms with Gasteiger partial charge in [-0.05, 0) is 110 Å². The van der Waals surface area contributed by atoms with Crippen LogP contribution >= 0.6 is 0 Å². The van der Waals surface area contributed by atoms with Gasteiger partial charge in [0.2, 0.25) is 5.95 Å². The van der Waals surface area contributed by atoms with Gasteiger partial charge in [0, 0.05) is 38.4 Å². The van der Waals surface area contributed by atoms with E-state index in [0.717, 1.165) is 83.1 Å². The largest absolute Gasteiger partial charge is 0.309 e. The number of hydrogen-bond acceptors (Lipinski definition) is 2. The zero-order valence-electron chi connectivity index (χ0n) is 37.5. The molecule has 4 heteroatoms. The average molecular weight is 859 g/mol. The van der Waals surface area contributed by atoms with Crippen LogP contribution in [0, 0.1) is 0 Å². The van der Waals surface area contributed by atoms with E-state index in [1.54, 1.807) is 0 Å². The van der Waals surface area contributed by atoms with E-state index in [9.17, 15) is 0 Å². The first-order chi connectivity index (χ1) is 33.1. The molecule has 0 N–H and O–H groups in total. The van der Waals surface area contributed by atoms with E-state index in [0.29, 0.717) is 5.95 Å². The number of hydrogen-bond donors (Lipinski definition) is 0. The predicted molar refractivity (Wildman–Crippen MR) is 285 cm³/mol. The molecule has 0 bridgehead atoms. The van der Waals surface area contributed by atoms with E-state index in [1.807, 2.05) is 18.2 Å². The van der Waals surface area contributed by atoms with Crippen molar-refractivity contribution in [1.82, 2.24) is 19.1 Å². The summed E-state index contributed by atoms with van der Waals surface area (Å²) in [6, 6.07) is 69.6. The molecule has 3 aromatic heterocycles. The highest BCUT2D eigenvalue weighted by Gasteiger charge is 2.27. The summed E-state index contributed by atoms with van der Waals surface area (Å²) in [6.07, 6.45) is 5.16. The second kappa shape index (κ2) is 16.1. The van der Waals surface area contributed by atoms with Crippen molar-refractivity contribution in [1.29, 1.82) is 0 Å². The van der Waals surface area contributed by atoms with Gasteiger partial charge >= 0.3 is 0 Å². The molecule has 12 aromatic rings. The Kier molecular flexibility index (Phi) is 9.62. The molecule has 1 aliphatic carbocycles. The summed E-state index contributed by atoms with van der Waals surface area (Å²) in [5.41, 5.74) is 18.9. The van der Waals surface area contributed by atoms with E-state index in [-0.39, 0.29) is 0 Å². The number of para-hydroxylation sites is 1. The van der Waals surface area contributed by atoms with Crippen LogP contribution in [0.25, 0.3) is 134 Å². The van der Waals surface area contributed by atoms with Gasteiger partial charge in [0.05, 0.1) is 33.5 Å². The summed E-state index contributed by atoms with van der Waals surface area (Å²) in [5.74, 6) is 0.644. The lowest BCUT2D eigenvalue weighted by atomic mass is 9.96. The van der Waals surface area contributed by atoms with Crippen LogP contribution in [0.2, 0.25) is 0 Å². The van der Waals surface area contributed by atoms with Crippen molar-refractivity contribution < 1.29 is 0 Å². The fraction of sp³-hybridized carbons (Fsp3) is 0.0476. The first kappa shape index (κ1) is 40.0. The van der Waals surface area contributed by atoms with Gasteiger partial charge in [-0.25, -0.2) is 9.97 Å². The molecule has 0 atom stereocenters. The van der Waals surface area contributed by atoms with Gasteiger partial charge in [-0.15, -0.1) is 0 Å². The van der Waals surface area contributed by atoms with Crippen molar-refractivity contribution in [3.8, 4) is 67.4 Å². The van der Waals surface area contributed by atoms with E-state index in [2.05, 4.69) is 224 Å². The standard InChI is InChI=1S/C60H38N4.C3H8/c1-3-43-49-34-40(29-31-54(49)63(53(43)4-2)42-22-15-21-39(33-42)37-17-7-5-8-18-37)41-30-32-55-51(35-41)58-48-27-16-26-46-44-23-11-12-24-45(44)50(57(46)48)36-56(58)64(55)60-61-52-28-14-13-25-47(52)59(62-60)38-19-9-6-10-20-38;1-3-2/h3-36H,1-2H2;3H2,1-2H3. The molecule has 0 spiro atoms. The summed E-state index contributed by atoms with van der Waals surface area (Å²) in [5, 5.41) is 7.00. The normalized spacial score (nSPS) is 11.6. The molecule has 3 heterocycles. The van der Waals surface area contributed by atoms with Crippen LogP contribution in [0.15, 0.2) is 207 Å². The van der Waals surface area contributed by atoms with Crippen molar-refractivity contribution in [3.05, 3.63) is 219 Å². The van der Waals surface area contributed by atoms with Gasteiger partial charge in [-0.2, -0.15) is 0 Å². The molecular formula is C63H46N4. The van der Waals surface area contributed by atoms with Crippen molar-refractivity contribution in [3.63, 3.8) is 0 Å².